The molecule has 2 N–H and O–H groups in total. The second kappa shape index (κ2) is 10.7. The lowest BCUT2D eigenvalue weighted by Gasteiger charge is -2.40. The largest absolute Gasteiger partial charge is 0.374 e. The summed E-state index contributed by atoms with van der Waals surface area (Å²) < 4.78 is 32.3. The van der Waals surface area contributed by atoms with E-state index in [1.807, 2.05) is 54.6 Å². The molecule has 1 fully saturated rings. The summed E-state index contributed by atoms with van der Waals surface area (Å²) in [7, 11) is -3.42. The highest BCUT2D eigenvalue weighted by Crippen LogP contribution is 2.47. The van der Waals surface area contributed by atoms with E-state index in [9.17, 15) is 18.0 Å². The van der Waals surface area contributed by atoms with Gasteiger partial charge >= 0.3 is 0 Å². The number of para-hydroxylation sites is 1. The second-order valence-electron chi connectivity index (χ2n) is 10.1. The fourth-order valence-corrected chi connectivity index (χ4v) is 6.50. The zero-order chi connectivity index (χ0) is 26.8. The van der Waals surface area contributed by atoms with Crippen molar-refractivity contribution in [2.45, 2.75) is 30.9 Å². The number of carbonyl (C=O) groups is 2. The maximum absolute atomic E-state index is 13.6. The number of benzene rings is 2. The number of amidine groups is 1. The van der Waals surface area contributed by atoms with Crippen molar-refractivity contribution in [3.05, 3.63) is 65.7 Å². The Morgan fingerprint density at radius 2 is 1.82 bits per heavy atom. The smallest absolute Gasteiger partial charge is 0.287 e. The molecular weight excluding hydrogens is 506 g/mol. The van der Waals surface area contributed by atoms with E-state index in [1.54, 1.807) is 4.90 Å². The van der Waals surface area contributed by atoms with Crippen molar-refractivity contribution in [2.24, 2.45) is 4.99 Å². The third-order valence-corrected chi connectivity index (χ3v) is 8.64. The molecule has 2 amide bonds. The minimum Gasteiger partial charge on any atom is -0.374 e. The van der Waals surface area contributed by atoms with E-state index < -0.39 is 22.0 Å². The molecule has 202 valence electrons. The summed E-state index contributed by atoms with van der Waals surface area (Å²) in [6.45, 7) is 2.74. The molecule has 0 aliphatic carbocycles. The molecule has 11 heteroatoms. The Morgan fingerprint density at radius 1 is 1.11 bits per heavy atom. The van der Waals surface area contributed by atoms with E-state index in [0.29, 0.717) is 52.2 Å². The molecule has 0 bridgehead atoms. The first kappa shape index (κ1) is 26.2. The summed E-state index contributed by atoms with van der Waals surface area (Å²) in [5.74, 6) is -0.413. The Labute approximate surface area is 223 Å². The number of sulfonamides is 1. The number of nitrogens with zero attached hydrogens (tertiary/aromatic N) is 3. The number of carbonyl (C=O) groups excluding carboxylic acids is 2. The summed E-state index contributed by atoms with van der Waals surface area (Å²) in [6, 6.07) is 16.4. The number of nitrogens with one attached hydrogen (secondary N) is 2. The summed E-state index contributed by atoms with van der Waals surface area (Å²) in [4.78, 5) is 32.3. The number of aliphatic imine (C=N–C) groups is 1. The van der Waals surface area contributed by atoms with Crippen molar-refractivity contribution in [1.82, 2.24) is 15.5 Å². The Hall–Kier alpha value is -3.44. The highest BCUT2D eigenvalue weighted by atomic mass is 32.2. The molecule has 0 aromatic heterocycles. The molecule has 1 spiro atoms. The molecule has 0 unspecified atom stereocenters. The van der Waals surface area contributed by atoms with Crippen LogP contribution in [0.15, 0.2) is 59.6 Å². The van der Waals surface area contributed by atoms with Crippen LogP contribution in [0, 0.1) is 0 Å². The average Bonchev–Trinajstić information content (AvgIpc) is 3.57. The number of anilines is 1. The van der Waals surface area contributed by atoms with Crippen molar-refractivity contribution < 1.29 is 22.7 Å². The number of fused-ring (bicyclic) bond motifs is 2. The van der Waals surface area contributed by atoms with E-state index in [2.05, 4.69) is 15.6 Å². The van der Waals surface area contributed by atoms with E-state index in [1.165, 1.54) is 10.6 Å². The number of hydrogen-bond donors (Lipinski definition) is 2. The van der Waals surface area contributed by atoms with E-state index in [4.69, 9.17) is 4.74 Å². The van der Waals surface area contributed by atoms with Crippen LogP contribution < -0.4 is 14.9 Å². The van der Waals surface area contributed by atoms with Crippen LogP contribution in [0.25, 0.3) is 0 Å². The van der Waals surface area contributed by atoms with Crippen LogP contribution in [0.5, 0.6) is 0 Å². The van der Waals surface area contributed by atoms with Gasteiger partial charge in [-0.1, -0.05) is 48.5 Å². The van der Waals surface area contributed by atoms with Crippen molar-refractivity contribution in [3.63, 3.8) is 0 Å². The normalized spacial score (nSPS) is 19.0. The monoisotopic (exact) mass is 539 g/mol. The van der Waals surface area contributed by atoms with Crippen molar-refractivity contribution in [3.8, 4) is 0 Å². The summed E-state index contributed by atoms with van der Waals surface area (Å²) in [5.41, 5.74) is 2.36. The number of rotatable bonds is 8. The average molecular weight is 540 g/mol. The topological polar surface area (TPSA) is 120 Å². The molecule has 3 aliphatic rings. The van der Waals surface area contributed by atoms with Gasteiger partial charge in [0.15, 0.2) is 5.84 Å². The second-order valence-corrected chi connectivity index (χ2v) is 12.0. The number of likely N-dealkylation sites (tertiary alicyclic amines) is 1. The van der Waals surface area contributed by atoms with E-state index in [0.717, 1.165) is 16.8 Å². The first-order chi connectivity index (χ1) is 18.3. The number of piperidine rings is 1. The predicted octanol–water partition coefficient (Wildman–Crippen LogP) is 1.03. The molecule has 10 nitrogen and oxygen atoms in total. The van der Waals surface area contributed by atoms with Gasteiger partial charge in [-0.3, -0.25) is 18.9 Å². The van der Waals surface area contributed by atoms with Crippen molar-refractivity contribution in [1.29, 1.82) is 0 Å². The number of ether oxygens (including phenoxy) is 1. The predicted molar refractivity (Wildman–Crippen MR) is 144 cm³/mol. The zero-order valence-corrected chi connectivity index (χ0v) is 22.2. The molecule has 5 rings (SSSR count). The molecule has 2 aromatic rings. The van der Waals surface area contributed by atoms with Gasteiger partial charge in [0, 0.05) is 31.6 Å². The Balaban J connectivity index is 1.28. The van der Waals surface area contributed by atoms with Crippen molar-refractivity contribution >= 4 is 33.4 Å². The maximum atomic E-state index is 13.6. The first-order valence-electron chi connectivity index (χ1n) is 12.8. The molecule has 0 radical (unpaired) electrons. The van der Waals surface area contributed by atoms with Crippen LogP contribution in [0.1, 0.15) is 24.0 Å². The van der Waals surface area contributed by atoms with Gasteiger partial charge in [0.25, 0.3) is 5.91 Å². The fraction of sp³-hybridized carbons (Fsp3) is 0.444. The Kier molecular flexibility index (Phi) is 7.40. The van der Waals surface area contributed by atoms with E-state index in [-0.39, 0.29) is 23.8 Å². The quantitative estimate of drug-likeness (QED) is 0.517. The summed E-state index contributed by atoms with van der Waals surface area (Å²) >= 11 is 0. The standard InChI is InChI=1S/C27H33N5O5S/c1-38(35,36)32-19-27(21-9-5-6-10-23(21)32)11-15-31(16-12-27)26(34)22(30-25(33)24-28-13-14-29-24)18-37-17-20-7-3-2-4-8-20/h2-10,22H,11-19H2,1H3,(H,28,29)(H,30,33)/t22-/m1/s1. The zero-order valence-electron chi connectivity index (χ0n) is 21.4. The van der Waals surface area contributed by atoms with Crippen LogP contribution in [0.4, 0.5) is 5.69 Å². The van der Waals surface area contributed by atoms with Crippen LogP contribution in [-0.2, 0) is 36.4 Å². The molecule has 1 atom stereocenters. The van der Waals surface area contributed by atoms with Gasteiger partial charge < -0.3 is 20.3 Å². The van der Waals surface area contributed by atoms with E-state index >= 15 is 0 Å². The summed E-state index contributed by atoms with van der Waals surface area (Å²) in [6.07, 6.45) is 2.48. The molecule has 3 aliphatic heterocycles. The van der Waals surface area contributed by atoms with Gasteiger partial charge in [0.05, 0.1) is 31.7 Å². The number of hydrogen-bond acceptors (Lipinski definition) is 7. The first-order valence-corrected chi connectivity index (χ1v) is 14.7. The van der Waals surface area contributed by atoms with Crippen molar-refractivity contribution in [2.75, 3.05) is 49.9 Å². The third-order valence-electron chi connectivity index (χ3n) is 7.51. The Bertz CT molecular complexity index is 1320. The molecule has 3 heterocycles. The lowest BCUT2D eigenvalue weighted by atomic mass is 9.74. The maximum Gasteiger partial charge on any atom is 0.287 e. The highest BCUT2D eigenvalue weighted by Gasteiger charge is 2.47. The van der Waals surface area contributed by atoms with Gasteiger partial charge in [0.2, 0.25) is 15.9 Å². The van der Waals surface area contributed by atoms with Gasteiger partial charge in [-0.25, -0.2) is 8.42 Å². The van der Waals surface area contributed by atoms with Gasteiger partial charge in [-0.15, -0.1) is 0 Å². The van der Waals surface area contributed by atoms with Crippen LogP contribution in [0.2, 0.25) is 0 Å². The molecule has 2 aromatic carbocycles. The van der Waals surface area contributed by atoms with Crippen LogP contribution in [-0.4, -0.2) is 82.6 Å². The third kappa shape index (κ3) is 5.39. The van der Waals surface area contributed by atoms with Crippen LogP contribution in [0.3, 0.4) is 0 Å². The van der Waals surface area contributed by atoms with Gasteiger partial charge in [-0.2, -0.15) is 0 Å². The lowest BCUT2D eigenvalue weighted by Crippen LogP contribution is -2.56. The molecule has 1 saturated heterocycles. The minimum absolute atomic E-state index is 0.0269. The molecular formula is C27H33N5O5S. The number of amides is 2. The fourth-order valence-electron chi connectivity index (χ4n) is 5.50. The Morgan fingerprint density at radius 3 is 2.50 bits per heavy atom. The van der Waals surface area contributed by atoms with Gasteiger partial charge in [-0.05, 0) is 30.0 Å². The molecule has 0 saturated carbocycles. The van der Waals surface area contributed by atoms with Crippen LogP contribution >= 0.6 is 0 Å². The highest BCUT2D eigenvalue weighted by molar-refractivity contribution is 7.92. The lowest BCUT2D eigenvalue weighted by molar-refractivity contribution is -0.138. The SMILES string of the molecule is CS(=O)(=O)N1CC2(CCN(C(=O)[C@@H](COCc3ccccc3)NC(=O)C3=NCCN3)CC2)c2ccccc21. The van der Waals surface area contributed by atoms with Gasteiger partial charge in [0.1, 0.15) is 6.04 Å². The minimum atomic E-state index is -3.42. The summed E-state index contributed by atoms with van der Waals surface area (Å²) in [5, 5.41) is 5.75. The molecule has 38 heavy (non-hydrogen) atoms.